The maximum absolute atomic E-state index is 12.7. The summed E-state index contributed by atoms with van der Waals surface area (Å²) in [4.78, 5) is 26.6. The highest BCUT2D eigenvalue weighted by Gasteiger charge is 2.37. The van der Waals surface area contributed by atoms with Crippen LogP contribution in [0, 0.1) is 5.92 Å². The van der Waals surface area contributed by atoms with Crippen LogP contribution in [0.25, 0.3) is 0 Å². The highest BCUT2D eigenvalue weighted by Crippen LogP contribution is 2.34. The number of halogens is 2. The van der Waals surface area contributed by atoms with Crippen molar-refractivity contribution in [1.82, 2.24) is 0 Å². The van der Waals surface area contributed by atoms with Crippen LogP contribution in [0.5, 0.6) is 5.75 Å². The fraction of sp³-hybridized carbons (Fsp3) is 0.333. The maximum Gasteiger partial charge on any atom is 0.316 e. The van der Waals surface area contributed by atoms with Crippen LogP contribution in [-0.4, -0.2) is 18.4 Å². The normalized spacial score (nSPS) is 17.9. The molecular formula is C21H21Cl2NO3. The van der Waals surface area contributed by atoms with Gasteiger partial charge < -0.3 is 9.64 Å². The first-order valence-corrected chi connectivity index (χ1v) is 9.72. The number of hydrogen-bond donors (Lipinski definition) is 0. The average molecular weight is 406 g/mol. The molecule has 2 aromatic carbocycles. The van der Waals surface area contributed by atoms with Gasteiger partial charge in [-0.2, -0.15) is 0 Å². The first-order chi connectivity index (χ1) is 12.9. The van der Waals surface area contributed by atoms with Crippen LogP contribution in [0.15, 0.2) is 42.5 Å². The SMILES string of the molecule is CC[C@@H](C)c1ccccc1OC(=O)[C@@H]1CC(=O)N(c2cc(Cl)ccc2Cl)C1. The minimum Gasteiger partial charge on any atom is -0.426 e. The van der Waals surface area contributed by atoms with Crippen molar-refractivity contribution in [3.8, 4) is 5.75 Å². The smallest absolute Gasteiger partial charge is 0.316 e. The summed E-state index contributed by atoms with van der Waals surface area (Å²) in [5, 5.41) is 0.902. The molecule has 1 aliphatic heterocycles. The molecular weight excluding hydrogens is 385 g/mol. The molecule has 3 rings (SSSR count). The molecule has 0 spiro atoms. The zero-order valence-corrected chi connectivity index (χ0v) is 16.8. The van der Waals surface area contributed by atoms with Gasteiger partial charge in [0.25, 0.3) is 0 Å². The third-order valence-electron chi connectivity index (χ3n) is 4.93. The third kappa shape index (κ3) is 4.28. The minimum absolute atomic E-state index is 0.0905. The number of benzene rings is 2. The van der Waals surface area contributed by atoms with Crippen molar-refractivity contribution in [2.75, 3.05) is 11.4 Å². The molecule has 0 N–H and O–H groups in total. The van der Waals surface area contributed by atoms with Crippen LogP contribution in [0.3, 0.4) is 0 Å². The summed E-state index contributed by atoms with van der Waals surface area (Å²) in [6.45, 7) is 4.41. The van der Waals surface area contributed by atoms with E-state index in [0.29, 0.717) is 21.5 Å². The number of ether oxygens (including phenoxy) is 1. The highest BCUT2D eigenvalue weighted by atomic mass is 35.5. The highest BCUT2D eigenvalue weighted by molar-refractivity contribution is 6.35. The number of carbonyl (C=O) groups is 2. The lowest BCUT2D eigenvalue weighted by molar-refractivity contribution is -0.139. The van der Waals surface area contributed by atoms with Gasteiger partial charge in [0.05, 0.1) is 16.6 Å². The average Bonchev–Trinajstić information content (AvgIpc) is 3.05. The van der Waals surface area contributed by atoms with Crippen molar-refractivity contribution in [2.45, 2.75) is 32.6 Å². The summed E-state index contributed by atoms with van der Waals surface area (Å²) < 4.78 is 5.66. The molecule has 1 aliphatic rings. The Labute approximate surface area is 169 Å². The Balaban J connectivity index is 1.76. The fourth-order valence-electron chi connectivity index (χ4n) is 3.18. The van der Waals surface area contributed by atoms with Crippen LogP contribution in [0.4, 0.5) is 5.69 Å². The Morgan fingerprint density at radius 2 is 2.00 bits per heavy atom. The van der Waals surface area contributed by atoms with E-state index < -0.39 is 11.9 Å². The van der Waals surface area contributed by atoms with E-state index in [9.17, 15) is 9.59 Å². The molecule has 0 unspecified atom stereocenters. The molecule has 0 radical (unpaired) electrons. The molecule has 1 fully saturated rings. The number of carbonyl (C=O) groups excluding carboxylic acids is 2. The predicted molar refractivity (Wildman–Crippen MR) is 108 cm³/mol. The van der Waals surface area contributed by atoms with Crippen molar-refractivity contribution < 1.29 is 14.3 Å². The van der Waals surface area contributed by atoms with E-state index in [1.165, 1.54) is 4.90 Å². The summed E-state index contributed by atoms with van der Waals surface area (Å²) >= 11 is 12.2. The van der Waals surface area contributed by atoms with E-state index in [4.69, 9.17) is 27.9 Å². The van der Waals surface area contributed by atoms with Crippen molar-refractivity contribution in [1.29, 1.82) is 0 Å². The molecule has 0 saturated carbocycles. The summed E-state index contributed by atoms with van der Waals surface area (Å²) in [5.74, 6) is -0.280. The van der Waals surface area contributed by atoms with Gasteiger partial charge in [0, 0.05) is 18.0 Å². The zero-order chi connectivity index (χ0) is 19.6. The summed E-state index contributed by atoms with van der Waals surface area (Å²) in [6.07, 6.45) is 1.03. The van der Waals surface area contributed by atoms with Crippen LogP contribution in [0.1, 0.15) is 38.2 Å². The molecule has 0 aliphatic carbocycles. The minimum atomic E-state index is -0.544. The van der Waals surface area contributed by atoms with Gasteiger partial charge in [-0.15, -0.1) is 0 Å². The standard InChI is InChI=1S/C21H21Cl2NO3/c1-3-13(2)16-6-4-5-7-19(16)27-21(26)14-10-20(25)24(12-14)18-11-15(22)8-9-17(18)23/h4-9,11,13-14H,3,10,12H2,1-2H3/t13-,14-/m1/s1. The van der Waals surface area contributed by atoms with Crippen LogP contribution >= 0.6 is 23.2 Å². The number of esters is 1. The summed E-state index contributed by atoms with van der Waals surface area (Å²) in [7, 11) is 0. The molecule has 2 atom stereocenters. The van der Waals surface area contributed by atoms with Crippen LogP contribution < -0.4 is 9.64 Å². The second-order valence-corrected chi connectivity index (χ2v) is 7.61. The van der Waals surface area contributed by atoms with E-state index in [2.05, 4.69) is 13.8 Å². The van der Waals surface area contributed by atoms with Crippen LogP contribution in [0.2, 0.25) is 10.0 Å². The van der Waals surface area contributed by atoms with E-state index >= 15 is 0 Å². The second kappa shape index (κ2) is 8.32. The van der Waals surface area contributed by atoms with E-state index in [-0.39, 0.29) is 24.8 Å². The molecule has 1 amide bonds. The molecule has 1 heterocycles. The lowest BCUT2D eigenvalue weighted by atomic mass is 9.98. The molecule has 27 heavy (non-hydrogen) atoms. The van der Waals surface area contributed by atoms with Gasteiger partial charge >= 0.3 is 5.97 Å². The van der Waals surface area contributed by atoms with Gasteiger partial charge in [0.2, 0.25) is 5.91 Å². The van der Waals surface area contributed by atoms with Crippen molar-refractivity contribution in [3.05, 3.63) is 58.1 Å². The van der Waals surface area contributed by atoms with Crippen molar-refractivity contribution in [2.24, 2.45) is 5.92 Å². The fourth-order valence-corrected chi connectivity index (χ4v) is 3.57. The van der Waals surface area contributed by atoms with Gasteiger partial charge in [0.1, 0.15) is 5.75 Å². The van der Waals surface area contributed by atoms with E-state index in [0.717, 1.165) is 12.0 Å². The molecule has 2 aromatic rings. The third-order valence-corrected chi connectivity index (χ3v) is 5.48. The molecule has 0 aromatic heterocycles. The number of anilines is 1. The lowest BCUT2D eigenvalue weighted by Crippen LogP contribution is -2.27. The van der Waals surface area contributed by atoms with Gasteiger partial charge in [-0.1, -0.05) is 55.2 Å². The number of hydrogen-bond acceptors (Lipinski definition) is 3. The Morgan fingerprint density at radius 1 is 1.26 bits per heavy atom. The Hall–Kier alpha value is -2.04. The second-order valence-electron chi connectivity index (χ2n) is 6.77. The number of nitrogens with zero attached hydrogens (tertiary/aromatic N) is 1. The number of para-hydroxylation sites is 1. The molecule has 142 valence electrons. The molecule has 4 nitrogen and oxygen atoms in total. The molecule has 6 heteroatoms. The monoisotopic (exact) mass is 405 g/mol. The quantitative estimate of drug-likeness (QED) is 0.489. The summed E-state index contributed by atoms with van der Waals surface area (Å²) in [5.41, 5.74) is 1.51. The van der Waals surface area contributed by atoms with Crippen molar-refractivity contribution in [3.63, 3.8) is 0 Å². The number of rotatable bonds is 5. The van der Waals surface area contributed by atoms with Gasteiger partial charge in [0.15, 0.2) is 0 Å². The van der Waals surface area contributed by atoms with Crippen LogP contribution in [-0.2, 0) is 9.59 Å². The van der Waals surface area contributed by atoms with Crippen molar-refractivity contribution >= 4 is 40.8 Å². The Morgan fingerprint density at radius 3 is 2.74 bits per heavy atom. The first-order valence-electron chi connectivity index (χ1n) is 8.96. The number of amides is 1. The lowest BCUT2D eigenvalue weighted by Gasteiger charge is -2.19. The first kappa shape index (κ1) is 19.7. The molecule has 1 saturated heterocycles. The molecule has 0 bridgehead atoms. The zero-order valence-electron chi connectivity index (χ0n) is 15.2. The van der Waals surface area contributed by atoms with Gasteiger partial charge in [-0.25, -0.2) is 0 Å². The predicted octanol–water partition coefficient (Wildman–Crippen LogP) is 5.47. The van der Waals surface area contributed by atoms with E-state index in [1.54, 1.807) is 24.3 Å². The maximum atomic E-state index is 12.7. The van der Waals surface area contributed by atoms with Gasteiger partial charge in [-0.05, 0) is 42.2 Å². The topological polar surface area (TPSA) is 46.6 Å². The van der Waals surface area contributed by atoms with E-state index in [1.807, 2.05) is 18.2 Å². The Kier molecular flexibility index (Phi) is 6.08. The largest absolute Gasteiger partial charge is 0.426 e. The summed E-state index contributed by atoms with van der Waals surface area (Å²) in [6, 6.07) is 12.5. The Bertz CT molecular complexity index is 868. The van der Waals surface area contributed by atoms with Gasteiger partial charge in [-0.3, -0.25) is 9.59 Å².